The Balaban J connectivity index is 1.96. The second-order valence-electron chi connectivity index (χ2n) is 5.82. The molecule has 0 aliphatic carbocycles. The highest BCUT2D eigenvalue weighted by Crippen LogP contribution is 2.33. The SMILES string of the molecule is CCc1nc(-c2cc(S(=O)(=O)Nc3cc(C)ccc3C)c(C)s2)no1. The molecule has 6 nitrogen and oxygen atoms in total. The number of aryl methyl sites for hydroxylation is 4. The van der Waals surface area contributed by atoms with Gasteiger partial charge in [-0.05, 0) is 44.0 Å². The molecule has 132 valence electrons. The molecule has 1 aromatic carbocycles. The number of rotatable bonds is 5. The summed E-state index contributed by atoms with van der Waals surface area (Å²) < 4.78 is 33.4. The minimum Gasteiger partial charge on any atom is -0.339 e. The van der Waals surface area contributed by atoms with E-state index in [1.807, 2.05) is 39.0 Å². The van der Waals surface area contributed by atoms with Crippen molar-refractivity contribution in [3.8, 4) is 10.7 Å². The Morgan fingerprint density at radius 1 is 1.20 bits per heavy atom. The lowest BCUT2D eigenvalue weighted by molar-refractivity contribution is 0.383. The number of hydrogen-bond donors (Lipinski definition) is 1. The Kier molecular flexibility index (Phi) is 4.66. The first-order valence-electron chi connectivity index (χ1n) is 7.83. The maximum atomic E-state index is 12.8. The molecule has 2 heterocycles. The van der Waals surface area contributed by atoms with Crippen molar-refractivity contribution in [1.82, 2.24) is 10.1 Å². The van der Waals surface area contributed by atoms with Gasteiger partial charge in [0.2, 0.25) is 11.7 Å². The molecule has 2 aromatic heterocycles. The molecule has 1 N–H and O–H groups in total. The molecule has 3 aromatic rings. The van der Waals surface area contributed by atoms with Gasteiger partial charge in [0.25, 0.3) is 10.0 Å². The molecular weight excluding hydrogens is 358 g/mol. The summed E-state index contributed by atoms with van der Waals surface area (Å²) in [6.07, 6.45) is 0.636. The Labute approximate surface area is 151 Å². The number of thiophene rings is 1. The van der Waals surface area contributed by atoms with Crippen LogP contribution in [0.2, 0.25) is 0 Å². The third kappa shape index (κ3) is 3.59. The number of benzene rings is 1. The Bertz CT molecular complexity index is 1020. The fraction of sp³-hybridized carbons (Fsp3) is 0.294. The van der Waals surface area contributed by atoms with E-state index >= 15 is 0 Å². The predicted octanol–water partition coefficient (Wildman–Crippen LogP) is 4.09. The van der Waals surface area contributed by atoms with Crippen LogP contribution >= 0.6 is 11.3 Å². The fourth-order valence-corrected chi connectivity index (χ4v) is 5.03. The van der Waals surface area contributed by atoms with Crippen molar-refractivity contribution in [2.45, 2.75) is 39.0 Å². The van der Waals surface area contributed by atoms with Crippen LogP contribution in [-0.4, -0.2) is 18.6 Å². The zero-order chi connectivity index (χ0) is 18.2. The normalized spacial score (nSPS) is 11.7. The number of hydrogen-bond acceptors (Lipinski definition) is 6. The molecule has 0 unspecified atom stereocenters. The number of nitrogens with one attached hydrogen (secondary N) is 1. The van der Waals surface area contributed by atoms with Crippen LogP contribution in [0.5, 0.6) is 0 Å². The molecule has 3 rings (SSSR count). The number of nitrogens with zero attached hydrogens (tertiary/aromatic N) is 2. The van der Waals surface area contributed by atoms with Crippen LogP contribution in [-0.2, 0) is 16.4 Å². The van der Waals surface area contributed by atoms with Crippen LogP contribution in [0, 0.1) is 20.8 Å². The molecule has 0 radical (unpaired) electrons. The number of sulfonamides is 1. The second kappa shape index (κ2) is 6.61. The van der Waals surface area contributed by atoms with E-state index in [0.717, 1.165) is 11.1 Å². The number of aromatic nitrogens is 2. The zero-order valence-corrected chi connectivity index (χ0v) is 16.1. The highest BCUT2D eigenvalue weighted by atomic mass is 32.2. The lowest BCUT2D eigenvalue weighted by Crippen LogP contribution is -2.14. The first kappa shape index (κ1) is 17.6. The summed E-state index contributed by atoms with van der Waals surface area (Å²) in [5.74, 6) is 0.942. The van der Waals surface area contributed by atoms with Gasteiger partial charge >= 0.3 is 0 Å². The Hall–Kier alpha value is -2.19. The van der Waals surface area contributed by atoms with Crippen molar-refractivity contribution >= 4 is 27.0 Å². The average molecular weight is 377 g/mol. The summed E-state index contributed by atoms with van der Waals surface area (Å²) in [6, 6.07) is 7.26. The largest absolute Gasteiger partial charge is 0.339 e. The molecule has 0 atom stereocenters. The van der Waals surface area contributed by atoms with Crippen molar-refractivity contribution < 1.29 is 12.9 Å². The predicted molar refractivity (Wildman–Crippen MR) is 98.5 cm³/mol. The van der Waals surface area contributed by atoms with Gasteiger partial charge in [0.1, 0.15) is 4.90 Å². The molecule has 25 heavy (non-hydrogen) atoms. The quantitative estimate of drug-likeness (QED) is 0.724. The van der Waals surface area contributed by atoms with E-state index in [0.29, 0.717) is 33.6 Å². The van der Waals surface area contributed by atoms with Gasteiger partial charge < -0.3 is 4.52 Å². The first-order chi connectivity index (χ1) is 11.8. The molecule has 0 saturated carbocycles. The standard InChI is InChI=1S/C17H19N3O3S2/c1-5-16-18-17(19-23-16)14-9-15(12(4)24-14)25(21,22)20-13-8-10(2)6-7-11(13)3/h6-9,20H,5H2,1-4H3. The summed E-state index contributed by atoms with van der Waals surface area (Å²) in [7, 11) is -3.69. The lowest BCUT2D eigenvalue weighted by atomic mass is 10.1. The van der Waals surface area contributed by atoms with E-state index < -0.39 is 10.0 Å². The molecule has 0 fully saturated rings. The van der Waals surface area contributed by atoms with Crippen molar-refractivity contribution in [3.63, 3.8) is 0 Å². The summed E-state index contributed by atoms with van der Waals surface area (Å²) in [4.78, 5) is 5.84. The first-order valence-corrected chi connectivity index (χ1v) is 10.1. The Morgan fingerprint density at radius 3 is 2.64 bits per heavy atom. The molecule has 0 amide bonds. The van der Waals surface area contributed by atoms with Crippen molar-refractivity contribution in [3.05, 3.63) is 46.2 Å². The Morgan fingerprint density at radius 2 is 1.96 bits per heavy atom. The monoisotopic (exact) mass is 377 g/mol. The van der Waals surface area contributed by atoms with Gasteiger partial charge in [-0.1, -0.05) is 24.2 Å². The molecule has 0 aliphatic rings. The minimum atomic E-state index is -3.69. The van der Waals surface area contributed by atoms with E-state index in [2.05, 4.69) is 14.9 Å². The van der Waals surface area contributed by atoms with E-state index in [1.54, 1.807) is 13.0 Å². The maximum absolute atomic E-state index is 12.8. The topological polar surface area (TPSA) is 85.1 Å². The van der Waals surface area contributed by atoms with Crippen molar-refractivity contribution in [1.29, 1.82) is 0 Å². The molecule has 0 saturated heterocycles. The number of anilines is 1. The van der Waals surface area contributed by atoms with Crippen molar-refractivity contribution in [2.75, 3.05) is 4.72 Å². The van der Waals surface area contributed by atoms with E-state index in [9.17, 15) is 8.42 Å². The average Bonchev–Trinajstić information content (AvgIpc) is 3.17. The summed E-state index contributed by atoms with van der Waals surface area (Å²) >= 11 is 1.33. The summed E-state index contributed by atoms with van der Waals surface area (Å²) in [5, 5.41) is 3.91. The van der Waals surface area contributed by atoms with Crippen molar-refractivity contribution in [2.24, 2.45) is 0 Å². The van der Waals surface area contributed by atoms with Crippen LogP contribution in [0.1, 0.15) is 28.8 Å². The van der Waals surface area contributed by atoms with Gasteiger partial charge in [-0.3, -0.25) is 4.72 Å². The smallest absolute Gasteiger partial charge is 0.263 e. The molecular formula is C17H19N3O3S2. The second-order valence-corrected chi connectivity index (χ2v) is 8.73. The third-order valence-corrected chi connectivity index (χ3v) is 6.46. The van der Waals surface area contributed by atoms with Crippen LogP contribution in [0.25, 0.3) is 10.7 Å². The highest BCUT2D eigenvalue weighted by Gasteiger charge is 2.23. The van der Waals surface area contributed by atoms with Gasteiger partial charge in [-0.25, -0.2) is 8.42 Å². The molecule has 0 aliphatic heterocycles. The zero-order valence-electron chi connectivity index (χ0n) is 14.5. The van der Waals surface area contributed by atoms with E-state index in [-0.39, 0.29) is 4.90 Å². The van der Waals surface area contributed by atoms with Gasteiger partial charge in [0.15, 0.2) is 0 Å². The van der Waals surface area contributed by atoms with Gasteiger partial charge in [-0.2, -0.15) is 4.98 Å². The van der Waals surface area contributed by atoms with E-state index in [1.165, 1.54) is 11.3 Å². The molecule has 8 heteroatoms. The summed E-state index contributed by atoms with van der Waals surface area (Å²) in [5.41, 5.74) is 2.44. The van der Waals surface area contributed by atoms with Gasteiger partial charge in [0.05, 0.1) is 10.6 Å². The van der Waals surface area contributed by atoms with Crippen LogP contribution < -0.4 is 4.72 Å². The van der Waals surface area contributed by atoms with Gasteiger partial charge in [-0.15, -0.1) is 11.3 Å². The maximum Gasteiger partial charge on any atom is 0.263 e. The highest BCUT2D eigenvalue weighted by molar-refractivity contribution is 7.93. The summed E-state index contributed by atoms with van der Waals surface area (Å²) in [6.45, 7) is 7.48. The molecule has 0 bridgehead atoms. The van der Waals surface area contributed by atoms with E-state index in [4.69, 9.17) is 4.52 Å². The van der Waals surface area contributed by atoms with Crippen LogP contribution in [0.15, 0.2) is 33.7 Å². The molecule has 0 spiro atoms. The lowest BCUT2D eigenvalue weighted by Gasteiger charge is -2.11. The van der Waals surface area contributed by atoms with Crippen LogP contribution in [0.3, 0.4) is 0 Å². The fourth-order valence-electron chi connectivity index (χ4n) is 2.39. The van der Waals surface area contributed by atoms with Crippen LogP contribution in [0.4, 0.5) is 5.69 Å². The van der Waals surface area contributed by atoms with Gasteiger partial charge in [0, 0.05) is 11.3 Å². The minimum absolute atomic E-state index is 0.233. The third-order valence-electron chi connectivity index (χ3n) is 3.79.